The Bertz CT molecular complexity index is 1230. The van der Waals surface area contributed by atoms with E-state index in [-0.39, 0.29) is 0 Å². The molecular formula is C25H18O. The van der Waals surface area contributed by atoms with Gasteiger partial charge in [0.25, 0.3) is 0 Å². The van der Waals surface area contributed by atoms with Crippen LogP contribution < -0.4 is 0 Å². The number of hydrogen-bond acceptors (Lipinski definition) is 1. The highest BCUT2D eigenvalue weighted by atomic mass is 16.3. The first-order valence-electron chi connectivity index (χ1n) is 8.87. The highest BCUT2D eigenvalue weighted by Crippen LogP contribution is 2.34. The van der Waals surface area contributed by atoms with Crippen LogP contribution in [0, 0.1) is 6.92 Å². The molecule has 0 aliphatic carbocycles. The molecule has 0 radical (unpaired) electrons. The molecule has 0 atom stereocenters. The Balaban J connectivity index is 1.63. The first-order valence-corrected chi connectivity index (χ1v) is 8.87. The van der Waals surface area contributed by atoms with Gasteiger partial charge in [-0.2, -0.15) is 0 Å². The van der Waals surface area contributed by atoms with Crippen molar-refractivity contribution < 1.29 is 4.42 Å². The first kappa shape index (κ1) is 15.0. The predicted octanol–water partition coefficient (Wildman–Crippen LogP) is 7.23. The van der Waals surface area contributed by atoms with Gasteiger partial charge in [0, 0.05) is 10.8 Å². The standard InChI is InChI=1S/C25H18O/c1-17-15-19(11-13-21(17)18-7-3-2-4-8-18)20-12-14-25-23(16-20)22-9-5-6-10-24(22)26-25/h2-16H,1H3. The maximum atomic E-state index is 5.94. The highest BCUT2D eigenvalue weighted by molar-refractivity contribution is 6.06. The molecule has 124 valence electrons. The molecule has 26 heavy (non-hydrogen) atoms. The molecule has 1 heteroatoms. The zero-order valence-electron chi connectivity index (χ0n) is 14.6. The number of benzene rings is 4. The molecule has 0 unspecified atom stereocenters. The van der Waals surface area contributed by atoms with Crippen LogP contribution in [-0.2, 0) is 0 Å². The van der Waals surface area contributed by atoms with Crippen LogP contribution in [0.1, 0.15) is 5.56 Å². The van der Waals surface area contributed by atoms with E-state index in [1.54, 1.807) is 0 Å². The van der Waals surface area contributed by atoms with Crippen molar-refractivity contribution in [3.8, 4) is 22.3 Å². The van der Waals surface area contributed by atoms with Crippen molar-refractivity contribution in [2.24, 2.45) is 0 Å². The van der Waals surface area contributed by atoms with Crippen LogP contribution in [-0.4, -0.2) is 0 Å². The molecule has 1 heterocycles. The third kappa shape index (κ3) is 2.41. The minimum absolute atomic E-state index is 0.938. The monoisotopic (exact) mass is 334 g/mol. The fourth-order valence-electron chi connectivity index (χ4n) is 3.69. The molecule has 0 spiro atoms. The van der Waals surface area contributed by atoms with Crippen LogP contribution in [0.2, 0.25) is 0 Å². The number of para-hydroxylation sites is 1. The lowest BCUT2D eigenvalue weighted by Crippen LogP contribution is -1.85. The molecule has 4 aromatic carbocycles. The van der Waals surface area contributed by atoms with E-state index in [4.69, 9.17) is 4.42 Å². The van der Waals surface area contributed by atoms with Gasteiger partial charge in [-0.05, 0) is 52.9 Å². The molecule has 1 aromatic heterocycles. The lowest BCUT2D eigenvalue weighted by molar-refractivity contribution is 0.669. The van der Waals surface area contributed by atoms with Crippen molar-refractivity contribution in [3.05, 3.63) is 96.6 Å². The molecule has 0 fully saturated rings. The quantitative estimate of drug-likeness (QED) is 0.332. The fourth-order valence-corrected chi connectivity index (χ4v) is 3.69. The molecular weight excluding hydrogens is 316 g/mol. The van der Waals surface area contributed by atoms with Crippen molar-refractivity contribution >= 4 is 21.9 Å². The Morgan fingerprint density at radius 2 is 1.23 bits per heavy atom. The van der Waals surface area contributed by atoms with Crippen molar-refractivity contribution in [2.75, 3.05) is 0 Å². The normalized spacial score (nSPS) is 11.3. The van der Waals surface area contributed by atoms with Crippen LogP contribution >= 0.6 is 0 Å². The maximum absolute atomic E-state index is 5.94. The van der Waals surface area contributed by atoms with E-state index in [1.165, 1.54) is 38.6 Å². The Morgan fingerprint density at radius 1 is 0.538 bits per heavy atom. The summed E-state index contributed by atoms with van der Waals surface area (Å²) in [6.07, 6.45) is 0. The second kappa shape index (κ2) is 5.89. The lowest BCUT2D eigenvalue weighted by Gasteiger charge is -2.09. The first-order chi connectivity index (χ1) is 12.8. The summed E-state index contributed by atoms with van der Waals surface area (Å²) >= 11 is 0. The third-order valence-electron chi connectivity index (χ3n) is 5.02. The molecule has 1 nitrogen and oxygen atoms in total. The number of fused-ring (bicyclic) bond motifs is 3. The Hall–Kier alpha value is -3.32. The zero-order chi connectivity index (χ0) is 17.5. The van der Waals surface area contributed by atoms with Crippen LogP contribution in [0.25, 0.3) is 44.2 Å². The topological polar surface area (TPSA) is 13.1 Å². The summed E-state index contributed by atoms with van der Waals surface area (Å²) in [6.45, 7) is 2.18. The molecule has 0 bridgehead atoms. The van der Waals surface area contributed by atoms with E-state index >= 15 is 0 Å². The molecule has 5 aromatic rings. The molecule has 5 rings (SSSR count). The number of furan rings is 1. The van der Waals surface area contributed by atoms with Crippen LogP contribution in [0.15, 0.2) is 95.4 Å². The van der Waals surface area contributed by atoms with E-state index in [1.807, 2.05) is 12.1 Å². The number of aryl methyl sites for hydroxylation is 1. The van der Waals surface area contributed by atoms with Gasteiger partial charge in [0.05, 0.1) is 0 Å². The molecule has 0 aliphatic rings. The van der Waals surface area contributed by atoms with Crippen LogP contribution in [0.4, 0.5) is 0 Å². The third-order valence-corrected chi connectivity index (χ3v) is 5.02. The van der Waals surface area contributed by atoms with Gasteiger partial charge in [-0.3, -0.25) is 0 Å². The van der Waals surface area contributed by atoms with Gasteiger partial charge in [-0.1, -0.05) is 72.8 Å². The largest absolute Gasteiger partial charge is 0.456 e. The Kier molecular flexibility index (Phi) is 3.39. The number of rotatable bonds is 2. The van der Waals surface area contributed by atoms with Gasteiger partial charge < -0.3 is 4.42 Å². The molecule has 0 aliphatic heterocycles. The molecule has 0 N–H and O–H groups in total. The second-order valence-corrected chi connectivity index (χ2v) is 6.70. The summed E-state index contributed by atoms with van der Waals surface area (Å²) in [7, 11) is 0. The lowest BCUT2D eigenvalue weighted by atomic mass is 9.95. The Labute approximate surface area is 152 Å². The van der Waals surface area contributed by atoms with Gasteiger partial charge in [-0.15, -0.1) is 0 Å². The van der Waals surface area contributed by atoms with E-state index in [0.29, 0.717) is 0 Å². The summed E-state index contributed by atoms with van der Waals surface area (Å²) in [6, 6.07) is 31.9. The van der Waals surface area contributed by atoms with Gasteiger partial charge in [0.1, 0.15) is 11.2 Å². The summed E-state index contributed by atoms with van der Waals surface area (Å²) in [5.74, 6) is 0. The minimum Gasteiger partial charge on any atom is -0.456 e. The van der Waals surface area contributed by atoms with Crippen molar-refractivity contribution in [3.63, 3.8) is 0 Å². The predicted molar refractivity (Wildman–Crippen MR) is 109 cm³/mol. The van der Waals surface area contributed by atoms with Crippen LogP contribution in [0.3, 0.4) is 0 Å². The van der Waals surface area contributed by atoms with Gasteiger partial charge >= 0.3 is 0 Å². The number of hydrogen-bond donors (Lipinski definition) is 0. The van der Waals surface area contributed by atoms with Crippen molar-refractivity contribution in [1.29, 1.82) is 0 Å². The van der Waals surface area contributed by atoms with Crippen LogP contribution in [0.5, 0.6) is 0 Å². The van der Waals surface area contributed by atoms with E-state index in [2.05, 4.69) is 85.8 Å². The van der Waals surface area contributed by atoms with E-state index in [0.717, 1.165) is 11.2 Å². The second-order valence-electron chi connectivity index (χ2n) is 6.70. The highest BCUT2D eigenvalue weighted by Gasteiger charge is 2.09. The van der Waals surface area contributed by atoms with E-state index in [9.17, 15) is 0 Å². The van der Waals surface area contributed by atoms with Gasteiger partial charge in [0.15, 0.2) is 0 Å². The minimum atomic E-state index is 0.938. The summed E-state index contributed by atoms with van der Waals surface area (Å²) in [5.41, 5.74) is 8.15. The fraction of sp³-hybridized carbons (Fsp3) is 0.0400. The van der Waals surface area contributed by atoms with Gasteiger partial charge in [-0.25, -0.2) is 0 Å². The molecule has 0 amide bonds. The average molecular weight is 334 g/mol. The van der Waals surface area contributed by atoms with E-state index < -0.39 is 0 Å². The zero-order valence-corrected chi connectivity index (χ0v) is 14.6. The smallest absolute Gasteiger partial charge is 0.135 e. The summed E-state index contributed by atoms with van der Waals surface area (Å²) in [5, 5.41) is 2.34. The maximum Gasteiger partial charge on any atom is 0.135 e. The SMILES string of the molecule is Cc1cc(-c2ccc3oc4ccccc4c3c2)ccc1-c1ccccc1. The van der Waals surface area contributed by atoms with Gasteiger partial charge in [0.2, 0.25) is 0 Å². The Morgan fingerprint density at radius 3 is 2.08 bits per heavy atom. The molecule has 0 saturated heterocycles. The summed E-state index contributed by atoms with van der Waals surface area (Å²) < 4.78 is 5.94. The van der Waals surface area contributed by atoms with Crippen molar-refractivity contribution in [1.82, 2.24) is 0 Å². The van der Waals surface area contributed by atoms with Crippen molar-refractivity contribution in [2.45, 2.75) is 6.92 Å². The molecule has 0 saturated carbocycles. The summed E-state index contributed by atoms with van der Waals surface area (Å²) in [4.78, 5) is 0. The average Bonchev–Trinajstić information content (AvgIpc) is 3.06.